The highest BCUT2D eigenvalue weighted by Crippen LogP contribution is 2.13. The first-order valence-corrected chi connectivity index (χ1v) is 6.37. The fourth-order valence-electron chi connectivity index (χ4n) is 1.06. The Morgan fingerprint density at radius 2 is 1.89 bits per heavy atom. The summed E-state index contributed by atoms with van der Waals surface area (Å²) < 4.78 is 50.7. The van der Waals surface area contributed by atoms with Gasteiger partial charge in [-0.05, 0) is 24.3 Å². The van der Waals surface area contributed by atoms with E-state index in [0.29, 0.717) is 0 Å². The molecule has 8 heteroatoms. The Balaban J connectivity index is 2.84. The lowest BCUT2D eigenvalue weighted by atomic mass is 10.2. The summed E-state index contributed by atoms with van der Waals surface area (Å²) in [6, 6.07) is 6.73. The quantitative estimate of drug-likeness (QED) is 0.814. The van der Waals surface area contributed by atoms with E-state index in [-0.39, 0.29) is 10.5 Å². The molecular formula is C10H11F2N3O2S. The third-order valence-electron chi connectivity index (χ3n) is 2.11. The lowest BCUT2D eigenvalue weighted by Crippen LogP contribution is -2.41. The van der Waals surface area contributed by atoms with Crippen LogP contribution in [-0.2, 0) is 10.0 Å². The maximum atomic E-state index is 12.8. The van der Waals surface area contributed by atoms with E-state index in [2.05, 4.69) is 0 Å². The molecule has 0 amide bonds. The Bertz CT molecular complexity index is 549. The van der Waals surface area contributed by atoms with E-state index >= 15 is 0 Å². The van der Waals surface area contributed by atoms with Crippen molar-refractivity contribution in [1.29, 1.82) is 5.26 Å². The van der Waals surface area contributed by atoms with E-state index in [1.165, 1.54) is 24.3 Å². The monoisotopic (exact) mass is 275 g/mol. The molecule has 5 nitrogen and oxygen atoms in total. The van der Waals surface area contributed by atoms with Gasteiger partial charge >= 0.3 is 0 Å². The van der Waals surface area contributed by atoms with E-state index in [9.17, 15) is 17.2 Å². The Morgan fingerprint density at radius 1 is 1.33 bits per heavy atom. The lowest BCUT2D eigenvalue weighted by Gasteiger charge is -2.14. The highest BCUT2D eigenvalue weighted by Gasteiger charge is 2.29. The van der Waals surface area contributed by atoms with Gasteiger partial charge in [0.1, 0.15) is 0 Å². The fraction of sp³-hybridized carbons (Fsp3) is 0.300. The van der Waals surface area contributed by atoms with Gasteiger partial charge < -0.3 is 5.73 Å². The van der Waals surface area contributed by atoms with Gasteiger partial charge in [-0.25, -0.2) is 21.9 Å². The third-order valence-corrected chi connectivity index (χ3v) is 3.53. The Labute approximate surface area is 103 Å². The van der Waals surface area contributed by atoms with Crippen LogP contribution in [0.25, 0.3) is 0 Å². The molecule has 98 valence electrons. The van der Waals surface area contributed by atoms with Crippen molar-refractivity contribution in [3.63, 3.8) is 0 Å². The van der Waals surface area contributed by atoms with Crippen molar-refractivity contribution in [3.8, 4) is 6.07 Å². The summed E-state index contributed by atoms with van der Waals surface area (Å²) in [4.78, 5) is -0.186. The summed E-state index contributed by atoms with van der Waals surface area (Å²) >= 11 is 0. The van der Waals surface area contributed by atoms with Crippen LogP contribution in [0.5, 0.6) is 0 Å². The SMILES string of the molecule is N#Cc1ccc(S(=O)(=O)NCC(F)(F)CN)cc1. The molecule has 0 saturated carbocycles. The zero-order valence-corrected chi connectivity index (χ0v) is 10.0. The van der Waals surface area contributed by atoms with Crippen LogP contribution in [-0.4, -0.2) is 27.4 Å². The average molecular weight is 275 g/mol. The lowest BCUT2D eigenvalue weighted by molar-refractivity contribution is 0.0170. The zero-order valence-electron chi connectivity index (χ0n) is 9.23. The van der Waals surface area contributed by atoms with Crippen LogP contribution in [0.1, 0.15) is 5.56 Å². The minimum atomic E-state index is -4.02. The summed E-state index contributed by atoms with van der Waals surface area (Å²) in [6.07, 6.45) is 0. The first-order chi connectivity index (χ1) is 8.30. The molecule has 0 atom stereocenters. The predicted molar refractivity (Wildman–Crippen MR) is 60.3 cm³/mol. The first-order valence-electron chi connectivity index (χ1n) is 4.88. The smallest absolute Gasteiger partial charge is 0.273 e. The molecule has 0 saturated heterocycles. The standard InChI is InChI=1S/C10H11F2N3O2S/c11-10(12,6-14)7-15-18(16,17)9-3-1-8(5-13)2-4-9/h1-4,15H,6-7,14H2. The van der Waals surface area contributed by atoms with E-state index in [0.717, 1.165) is 0 Å². The molecule has 0 aliphatic rings. The molecular weight excluding hydrogens is 264 g/mol. The van der Waals surface area contributed by atoms with Crippen LogP contribution in [0, 0.1) is 11.3 Å². The van der Waals surface area contributed by atoms with E-state index < -0.39 is 29.0 Å². The van der Waals surface area contributed by atoms with Crippen LogP contribution in [0.4, 0.5) is 8.78 Å². The van der Waals surface area contributed by atoms with E-state index in [1.54, 1.807) is 4.72 Å². The maximum Gasteiger partial charge on any atom is 0.273 e. The topological polar surface area (TPSA) is 96.0 Å². The van der Waals surface area contributed by atoms with Crippen molar-refractivity contribution >= 4 is 10.0 Å². The number of sulfonamides is 1. The van der Waals surface area contributed by atoms with Crippen molar-refractivity contribution in [2.45, 2.75) is 10.8 Å². The van der Waals surface area contributed by atoms with Crippen LogP contribution in [0.3, 0.4) is 0 Å². The third kappa shape index (κ3) is 3.73. The predicted octanol–water partition coefficient (Wildman–Crippen LogP) is 0.431. The van der Waals surface area contributed by atoms with Crippen molar-refractivity contribution < 1.29 is 17.2 Å². The van der Waals surface area contributed by atoms with Gasteiger partial charge in [0.15, 0.2) is 0 Å². The summed E-state index contributed by atoms with van der Waals surface area (Å²) in [6.45, 7) is -2.01. The molecule has 0 unspecified atom stereocenters. The zero-order chi connectivity index (χ0) is 13.8. The van der Waals surface area contributed by atoms with Gasteiger partial charge in [0.2, 0.25) is 10.0 Å². The van der Waals surface area contributed by atoms with Crippen LogP contribution in [0.15, 0.2) is 29.2 Å². The van der Waals surface area contributed by atoms with Crippen LogP contribution < -0.4 is 10.5 Å². The van der Waals surface area contributed by atoms with Crippen molar-refractivity contribution in [3.05, 3.63) is 29.8 Å². The molecule has 0 fully saturated rings. The summed E-state index contributed by atoms with van der Waals surface area (Å²) in [5, 5.41) is 8.55. The van der Waals surface area contributed by atoms with E-state index in [4.69, 9.17) is 11.0 Å². The molecule has 0 bridgehead atoms. The van der Waals surface area contributed by atoms with Gasteiger partial charge in [-0.2, -0.15) is 5.26 Å². The molecule has 0 aromatic heterocycles. The summed E-state index contributed by atoms with van der Waals surface area (Å²) in [5.74, 6) is -3.29. The largest absolute Gasteiger partial charge is 0.325 e. The number of benzene rings is 1. The molecule has 0 radical (unpaired) electrons. The number of halogens is 2. The van der Waals surface area contributed by atoms with E-state index in [1.807, 2.05) is 6.07 Å². The van der Waals surface area contributed by atoms with Gasteiger partial charge in [0, 0.05) is 0 Å². The second-order valence-corrected chi connectivity index (χ2v) is 5.29. The van der Waals surface area contributed by atoms with Crippen LogP contribution >= 0.6 is 0 Å². The maximum absolute atomic E-state index is 12.8. The second kappa shape index (κ2) is 5.39. The molecule has 1 aromatic carbocycles. The summed E-state index contributed by atoms with van der Waals surface area (Å²) in [7, 11) is -4.02. The molecule has 18 heavy (non-hydrogen) atoms. The summed E-state index contributed by atoms with van der Waals surface area (Å²) in [5.41, 5.74) is 5.07. The number of hydrogen-bond donors (Lipinski definition) is 2. The number of alkyl halides is 2. The number of nitriles is 1. The molecule has 1 aromatic rings. The first kappa shape index (κ1) is 14.5. The minimum absolute atomic E-state index is 0.186. The highest BCUT2D eigenvalue weighted by molar-refractivity contribution is 7.89. The van der Waals surface area contributed by atoms with Gasteiger partial charge in [-0.1, -0.05) is 0 Å². The Hall–Kier alpha value is -1.56. The average Bonchev–Trinajstić information content (AvgIpc) is 2.37. The Kier molecular flexibility index (Phi) is 4.34. The molecule has 0 aliphatic carbocycles. The van der Waals surface area contributed by atoms with Crippen molar-refractivity contribution in [2.24, 2.45) is 5.73 Å². The number of nitrogens with one attached hydrogen (secondary N) is 1. The van der Waals surface area contributed by atoms with Gasteiger partial charge in [-0.15, -0.1) is 0 Å². The normalized spacial score (nSPS) is 12.1. The van der Waals surface area contributed by atoms with Gasteiger partial charge in [-0.3, -0.25) is 0 Å². The molecule has 1 rings (SSSR count). The molecule has 0 spiro atoms. The molecule has 3 N–H and O–H groups in total. The number of nitrogens with two attached hydrogens (primary N) is 1. The Morgan fingerprint density at radius 3 is 2.33 bits per heavy atom. The second-order valence-electron chi connectivity index (χ2n) is 3.52. The van der Waals surface area contributed by atoms with Gasteiger partial charge in [0.05, 0.1) is 29.6 Å². The molecule has 0 heterocycles. The molecule has 0 aliphatic heterocycles. The number of nitrogens with zero attached hydrogens (tertiary/aromatic N) is 1. The number of rotatable bonds is 5. The van der Waals surface area contributed by atoms with Crippen molar-refractivity contribution in [2.75, 3.05) is 13.1 Å². The van der Waals surface area contributed by atoms with Crippen molar-refractivity contribution in [1.82, 2.24) is 4.72 Å². The highest BCUT2D eigenvalue weighted by atomic mass is 32.2. The fourth-order valence-corrected chi connectivity index (χ4v) is 2.13. The van der Waals surface area contributed by atoms with Crippen LogP contribution in [0.2, 0.25) is 0 Å². The van der Waals surface area contributed by atoms with Gasteiger partial charge in [0.25, 0.3) is 5.92 Å². The minimum Gasteiger partial charge on any atom is -0.325 e. The number of hydrogen-bond acceptors (Lipinski definition) is 4.